The van der Waals surface area contributed by atoms with Gasteiger partial charge in [0.1, 0.15) is 11.3 Å². The van der Waals surface area contributed by atoms with Gasteiger partial charge in [-0.15, -0.1) is 0 Å². The van der Waals surface area contributed by atoms with E-state index < -0.39 is 0 Å². The summed E-state index contributed by atoms with van der Waals surface area (Å²) in [7, 11) is 1.97. The van der Waals surface area contributed by atoms with Crippen molar-refractivity contribution in [1.29, 1.82) is 0 Å². The second-order valence-electron chi connectivity index (χ2n) is 4.58. The molecule has 0 N–H and O–H groups in total. The summed E-state index contributed by atoms with van der Waals surface area (Å²) in [6.45, 7) is 0.804. The summed E-state index contributed by atoms with van der Waals surface area (Å²) in [6, 6.07) is 10.9. The standard InChI is InChI=1S/C15H14FN3S/c1-19(10-8-11-5-2-3-9-17-11)15-18-14-12(16)6-4-7-13(14)20-15/h2-7,9H,8,10H2,1H3. The quantitative estimate of drug-likeness (QED) is 0.735. The molecule has 0 spiro atoms. The number of hydrogen-bond donors (Lipinski definition) is 0. The minimum atomic E-state index is -0.261. The molecular weight excluding hydrogens is 273 g/mol. The van der Waals surface area contributed by atoms with E-state index in [-0.39, 0.29) is 5.82 Å². The molecule has 20 heavy (non-hydrogen) atoms. The van der Waals surface area contributed by atoms with Gasteiger partial charge in [-0.2, -0.15) is 0 Å². The highest BCUT2D eigenvalue weighted by atomic mass is 32.1. The summed E-state index contributed by atoms with van der Waals surface area (Å²) in [6.07, 6.45) is 2.64. The summed E-state index contributed by atoms with van der Waals surface area (Å²) < 4.78 is 14.5. The Morgan fingerprint density at radius 3 is 2.85 bits per heavy atom. The first kappa shape index (κ1) is 13.0. The van der Waals surface area contributed by atoms with Gasteiger partial charge in [0.2, 0.25) is 0 Å². The summed E-state index contributed by atoms with van der Waals surface area (Å²) in [4.78, 5) is 10.7. The van der Waals surface area contributed by atoms with Crippen molar-refractivity contribution in [2.75, 3.05) is 18.5 Å². The van der Waals surface area contributed by atoms with Crippen molar-refractivity contribution in [3.63, 3.8) is 0 Å². The fraction of sp³-hybridized carbons (Fsp3) is 0.200. The van der Waals surface area contributed by atoms with Crippen molar-refractivity contribution in [3.8, 4) is 0 Å². The molecule has 0 saturated carbocycles. The number of fused-ring (bicyclic) bond motifs is 1. The predicted molar refractivity (Wildman–Crippen MR) is 80.8 cm³/mol. The average Bonchev–Trinajstić information content (AvgIpc) is 2.91. The number of halogens is 1. The van der Waals surface area contributed by atoms with Crippen LogP contribution in [0.1, 0.15) is 5.69 Å². The lowest BCUT2D eigenvalue weighted by atomic mass is 10.2. The van der Waals surface area contributed by atoms with Crippen LogP contribution in [0.15, 0.2) is 42.6 Å². The minimum Gasteiger partial charge on any atom is -0.351 e. The lowest BCUT2D eigenvalue weighted by Crippen LogP contribution is -2.20. The highest BCUT2D eigenvalue weighted by Crippen LogP contribution is 2.29. The van der Waals surface area contributed by atoms with Gasteiger partial charge in [0.15, 0.2) is 5.13 Å². The first-order valence-corrected chi connectivity index (χ1v) is 7.22. The molecule has 0 bridgehead atoms. The number of anilines is 1. The second kappa shape index (κ2) is 5.54. The first-order chi connectivity index (χ1) is 9.74. The maximum Gasteiger partial charge on any atom is 0.186 e. The molecule has 0 atom stereocenters. The van der Waals surface area contributed by atoms with Gasteiger partial charge in [0.05, 0.1) is 4.70 Å². The van der Waals surface area contributed by atoms with E-state index in [1.54, 1.807) is 12.3 Å². The SMILES string of the molecule is CN(CCc1ccccn1)c1nc2c(F)cccc2s1. The highest BCUT2D eigenvalue weighted by Gasteiger charge is 2.11. The summed E-state index contributed by atoms with van der Waals surface area (Å²) >= 11 is 1.51. The van der Waals surface area contributed by atoms with E-state index >= 15 is 0 Å². The van der Waals surface area contributed by atoms with Crippen molar-refractivity contribution in [2.24, 2.45) is 0 Å². The van der Waals surface area contributed by atoms with Crippen LogP contribution in [0.4, 0.5) is 9.52 Å². The number of para-hydroxylation sites is 1. The van der Waals surface area contributed by atoms with Crippen molar-refractivity contribution in [3.05, 3.63) is 54.1 Å². The van der Waals surface area contributed by atoms with Gasteiger partial charge in [-0.25, -0.2) is 9.37 Å². The second-order valence-corrected chi connectivity index (χ2v) is 5.58. The number of benzene rings is 1. The van der Waals surface area contributed by atoms with Crippen LogP contribution in [0.3, 0.4) is 0 Å². The molecular formula is C15H14FN3S. The van der Waals surface area contributed by atoms with Gasteiger partial charge in [-0.1, -0.05) is 23.5 Å². The van der Waals surface area contributed by atoms with E-state index in [1.807, 2.05) is 36.2 Å². The maximum atomic E-state index is 13.6. The van der Waals surface area contributed by atoms with Gasteiger partial charge in [0.25, 0.3) is 0 Å². The largest absolute Gasteiger partial charge is 0.351 e. The van der Waals surface area contributed by atoms with Crippen molar-refractivity contribution < 1.29 is 4.39 Å². The van der Waals surface area contributed by atoms with Crippen LogP contribution in [-0.4, -0.2) is 23.6 Å². The molecule has 1 aromatic carbocycles. The van der Waals surface area contributed by atoms with Gasteiger partial charge >= 0.3 is 0 Å². The molecule has 0 amide bonds. The van der Waals surface area contributed by atoms with Crippen LogP contribution in [-0.2, 0) is 6.42 Å². The molecule has 2 aromatic heterocycles. The minimum absolute atomic E-state index is 0.261. The molecule has 0 aliphatic rings. The van der Waals surface area contributed by atoms with Crippen LogP contribution in [0.2, 0.25) is 0 Å². The maximum absolute atomic E-state index is 13.6. The van der Waals surface area contributed by atoms with Gasteiger partial charge in [-0.05, 0) is 24.3 Å². The molecule has 0 aliphatic carbocycles. The topological polar surface area (TPSA) is 29.0 Å². The number of rotatable bonds is 4. The fourth-order valence-corrected chi connectivity index (χ4v) is 2.96. The number of nitrogens with zero attached hydrogens (tertiary/aromatic N) is 3. The predicted octanol–water partition coefficient (Wildman–Crippen LogP) is 3.51. The Balaban J connectivity index is 1.75. The summed E-state index contributed by atoms with van der Waals surface area (Å²) in [5.41, 5.74) is 1.50. The normalized spacial score (nSPS) is 10.9. The van der Waals surface area contributed by atoms with Gasteiger partial charge in [0, 0.05) is 31.9 Å². The number of pyridine rings is 1. The summed E-state index contributed by atoms with van der Waals surface area (Å²) in [5, 5.41) is 0.834. The Morgan fingerprint density at radius 1 is 1.20 bits per heavy atom. The zero-order valence-corrected chi connectivity index (χ0v) is 11.9. The molecule has 0 saturated heterocycles. The number of aromatic nitrogens is 2. The molecule has 3 aromatic rings. The van der Waals surface area contributed by atoms with Crippen molar-refractivity contribution in [2.45, 2.75) is 6.42 Å². The first-order valence-electron chi connectivity index (χ1n) is 6.40. The lowest BCUT2D eigenvalue weighted by molar-refractivity contribution is 0.637. The Morgan fingerprint density at radius 2 is 2.10 bits per heavy atom. The molecule has 5 heteroatoms. The Hall–Kier alpha value is -2.01. The smallest absolute Gasteiger partial charge is 0.186 e. The molecule has 2 heterocycles. The van der Waals surface area contributed by atoms with E-state index in [1.165, 1.54) is 17.4 Å². The van der Waals surface area contributed by atoms with Crippen LogP contribution in [0.5, 0.6) is 0 Å². The molecule has 0 aliphatic heterocycles. The number of thiazole rings is 1. The van der Waals surface area contributed by atoms with E-state index in [9.17, 15) is 4.39 Å². The van der Waals surface area contributed by atoms with E-state index in [0.717, 1.165) is 28.5 Å². The number of hydrogen-bond acceptors (Lipinski definition) is 4. The van der Waals surface area contributed by atoms with Crippen molar-refractivity contribution in [1.82, 2.24) is 9.97 Å². The van der Waals surface area contributed by atoms with E-state index in [2.05, 4.69) is 9.97 Å². The van der Waals surface area contributed by atoms with E-state index in [4.69, 9.17) is 0 Å². The van der Waals surface area contributed by atoms with Gasteiger partial charge in [-0.3, -0.25) is 4.98 Å². The lowest BCUT2D eigenvalue weighted by Gasteiger charge is -2.14. The molecule has 3 nitrogen and oxygen atoms in total. The van der Waals surface area contributed by atoms with Crippen LogP contribution in [0.25, 0.3) is 10.2 Å². The molecule has 3 rings (SSSR count). The Bertz CT molecular complexity index is 711. The van der Waals surface area contributed by atoms with Crippen LogP contribution < -0.4 is 4.90 Å². The number of likely N-dealkylation sites (N-methyl/N-ethyl adjacent to an activating group) is 1. The molecule has 102 valence electrons. The molecule has 0 radical (unpaired) electrons. The molecule has 0 fully saturated rings. The van der Waals surface area contributed by atoms with Gasteiger partial charge < -0.3 is 4.90 Å². The van der Waals surface area contributed by atoms with Crippen molar-refractivity contribution >= 4 is 26.7 Å². The third-order valence-corrected chi connectivity index (χ3v) is 4.25. The zero-order chi connectivity index (χ0) is 13.9. The fourth-order valence-electron chi connectivity index (χ4n) is 1.99. The highest BCUT2D eigenvalue weighted by molar-refractivity contribution is 7.22. The summed E-state index contributed by atoms with van der Waals surface area (Å²) in [5.74, 6) is -0.261. The molecule has 0 unspecified atom stereocenters. The third kappa shape index (κ3) is 2.63. The average molecular weight is 287 g/mol. The van der Waals surface area contributed by atoms with Crippen LogP contribution in [0, 0.1) is 5.82 Å². The van der Waals surface area contributed by atoms with E-state index in [0.29, 0.717) is 5.52 Å². The third-order valence-electron chi connectivity index (χ3n) is 3.11. The van der Waals surface area contributed by atoms with Crippen LogP contribution >= 0.6 is 11.3 Å². The monoisotopic (exact) mass is 287 g/mol. The Labute approximate surface area is 120 Å². The Kier molecular flexibility index (Phi) is 3.60. The zero-order valence-electron chi connectivity index (χ0n) is 11.1.